The van der Waals surface area contributed by atoms with E-state index in [1.165, 1.54) is 0 Å². The molecule has 1 aromatic rings. The van der Waals surface area contributed by atoms with E-state index >= 15 is 0 Å². The van der Waals surface area contributed by atoms with Crippen LogP contribution < -0.4 is 21.1 Å². The first-order valence-corrected chi connectivity index (χ1v) is 7.51. The standard InChI is InChI=1S/C16H27N3O2/c1-5-12(4)19-16(20)8-9-18-13-6-7-14(17)15(10-13)21-11(2)3/h6-7,10-12,18H,5,8-9,17H2,1-4H3,(H,19,20). The highest BCUT2D eigenvalue weighted by Crippen LogP contribution is 2.26. The third kappa shape index (κ3) is 6.38. The predicted molar refractivity (Wildman–Crippen MR) is 87.6 cm³/mol. The Balaban J connectivity index is 2.47. The van der Waals surface area contributed by atoms with Gasteiger partial charge in [0.1, 0.15) is 5.75 Å². The number of ether oxygens (including phenoxy) is 1. The molecular formula is C16H27N3O2. The zero-order valence-electron chi connectivity index (χ0n) is 13.4. The Morgan fingerprint density at radius 2 is 2.05 bits per heavy atom. The maximum Gasteiger partial charge on any atom is 0.221 e. The lowest BCUT2D eigenvalue weighted by atomic mass is 10.2. The van der Waals surface area contributed by atoms with Gasteiger partial charge >= 0.3 is 0 Å². The van der Waals surface area contributed by atoms with Crippen LogP contribution in [-0.4, -0.2) is 24.6 Å². The third-order valence-electron chi connectivity index (χ3n) is 3.08. The summed E-state index contributed by atoms with van der Waals surface area (Å²) in [5.41, 5.74) is 7.38. The minimum absolute atomic E-state index is 0.0611. The summed E-state index contributed by atoms with van der Waals surface area (Å²) in [6.07, 6.45) is 1.45. The SMILES string of the molecule is CCC(C)NC(=O)CCNc1ccc(N)c(OC(C)C)c1. The summed E-state index contributed by atoms with van der Waals surface area (Å²) < 4.78 is 5.64. The van der Waals surface area contributed by atoms with Crippen molar-refractivity contribution in [2.24, 2.45) is 0 Å². The molecule has 5 heteroatoms. The highest BCUT2D eigenvalue weighted by molar-refractivity contribution is 5.76. The third-order valence-corrected chi connectivity index (χ3v) is 3.08. The Labute approximate surface area is 127 Å². The number of rotatable bonds is 8. The van der Waals surface area contributed by atoms with Crippen LogP contribution in [0, 0.1) is 0 Å². The monoisotopic (exact) mass is 293 g/mol. The van der Waals surface area contributed by atoms with E-state index in [9.17, 15) is 4.79 Å². The van der Waals surface area contributed by atoms with Crippen LogP contribution in [0.4, 0.5) is 11.4 Å². The summed E-state index contributed by atoms with van der Waals surface area (Å²) in [7, 11) is 0. The average Bonchev–Trinajstić information content (AvgIpc) is 2.41. The van der Waals surface area contributed by atoms with Crippen molar-refractivity contribution in [3.8, 4) is 5.75 Å². The fourth-order valence-corrected chi connectivity index (χ4v) is 1.77. The molecule has 0 saturated carbocycles. The van der Waals surface area contributed by atoms with Crippen LogP contribution in [-0.2, 0) is 4.79 Å². The number of anilines is 2. The van der Waals surface area contributed by atoms with Crippen LogP contribution >= 0.6 is 0 Å². The van der Waals surface area contributed by atoms with Crippen molar-refractivity contribution in [3.63, 3.8) is 0 Å². The Hall–Kier alpha value is -1.91. The second-order valence-electron chi connectivity index (χ2n) is 5.47. The Morgan fingerprint density at radius 3 is 2.67 bits per heavy atom. The summed E-state index contributed by atoms with van der Waals surface area (Å²) in [6.45, 7) is 8.54. The highest BCUT2D eigenvalue weighted by atomic mass is 16.5. The number of carbonyl (C=O) groups excluding carboxylic acids is 1. The van der Waals surface area contributed by atoms with E-state index < -0.39 is 0 Å². The number of nitrogens with one attached hydrogen (secondary N) is 2. The van der Waals surface area contributed by atoms with Gasteiger partial charge in [-0.3, -0.25) is 4.79 Å². The number of hydrogen-bond acceptors (Lipinski definition) is 4. The van der Waals surface area contributed by atoms with Gasteiger partial charge in [0.25, 0.3) is 0 Å². The first-order chi connectivity index (χ1) is 9.92. The molecule has 0 aromatic heterocycles. The zero-order valence-corrected chi connectivity index (χ0v) is 13.4. The Morgan fingerprint density at radius 1 is 1.33 bits per heavy atom. The molecule has 0 aliphatic rings. The van der Waals surface area contributed by atoms with E-state index in [0.29, 0.717) is 24.4 Å². The highest BCUT2D eigenvalue weighted by Gasteiger charge is 2.07. The maximum absolute atomic E-state index is 11.7. The molecule has 0 saturated heterocycles. The van der Waals surface area contributed by atoms with Gasteiger partial charge in [-0.2, -0.15) is 0 Å². The Kier molecular flexibility index (Phi) is 6.85. The molecule has 0 heterocycles. The first-order valence-electron chi connectivity index (χ1n) is 7.51. The summed E-state index contributed by atoms with van der Waals surface area (Å²) in [5, 5.41) is 6.15. The number of amides is 1. The molecule has 0 spiro atoms. The molecule has 1 rings (SSSR count). The molecule has 0 radical (unpaired) electrons. The fraction of sp³-hybridized carbons (Fsp3) is 0.562. The molecule has 0 fully saturated rings. The quantitative estimate of drug-likeness (QED) is 0.644. The average molecular weight is 293 g/mol. The van der Waals surface area contributed by atoms with Gasteiger partial charge < -0.3 is 21.1 Å². The molecule has 1 aromatic carbocycles. The van der Waals surface area contributed by atoms with Crippen LogP contribution in [0.5, 0.6) is 5.75 Å². The molecule has 0 bridgehead atoms. The minimum atomic E-state index is 0.0611. The number of benzene rings is 1. The molecule has 21 heavy (non-hydrogen) atoms. The zero-order chi connectivity index (χ0) is 15.8. The smallest absolute Gasteiger partial charge is 0.221 e. The van der Waals surface area contributed by atoms with Gasteiger partial charge in [-0.05, 0) is 39.3 Å². The van der Waals surface area contributed by atoms with E-state index in [1.807, 2.05) is 39.8 Å². The van der Waals surface area contributed by atoms with Gasteiger partial charge in [0.05, 0.1) is 11.8 Å². The molecule has 1 amide bonds. The van der Waals surface area contributed by atoms with Crippen molar-refractivity contribution >= 4 is 17.3 Å². The molecule has 0 aliphatic heterocycles. The van der Waals surface area contributed by atoms with E-state index in [-0.39, 0.29) is 18.1 Å². The number of nitrogens with two attached hydrogens (primary N) is 1. The topological polar surface area (TPSA) is 76.4 Å². The molecule has 118 valence electrons. The summed E-state index contributed by atoms with van der Waals surface area (Å²) in [6, 6.07) is 5.77. The van der Waals surface area contributed by atoms with Gasteiger partial charge in [-0.15, -0.1) is 0 Å². The first kappa shape index (κ1) is 17.1. The van der Waals surface area contributed by atoms with Crippen molar-refractivity contribution in [1.29, 1.82) is 0 Å². The Bertz CT molecular complexity index is 461. The maximum atomic E-state index is 11.7. The minimum Gasteiger partial charge on any atom is -0.489 e. The van der Waals surface area contributed by atoms with Crippen LogP contribution in [0.2, 0.25) is 0 Å². The number of carbonyl (C=O) groups is 1. The van der Waals surface area contributed by atoms with Crippen LogP contribution in [0.15, 0.2) is 18.2 Å². The molecule has 4 N–H and O–H groups in total. The van der Waals surface area contributed by atoms with Gasteiger partial charge in [0.15, 0.2) is 0 Å². The second kappa shape index (κ2) is 8.39. The lowest BCUT2D eigenvalue weighted by Crippen LogP contribution is -2.32. The van der Waals surface area contributed by atoms with Gasteiger partial charge in [-0.25, -0.2) is 0 Å². The lowest BCUT2D eigenvalue weighted by Gasteiger charge is -2.15. The van der Waals surface area contributed by atoms with Crippen LogP contribution in [0.1, 0.15) is 40.5 Å². The van der Waals surface area contributed by atoms with Gasteiger partial charge in [-0.1, -0.05) is 6.92 Å². The summed E-state index contributed by atoms with van der Waals surface area (Å²) in [4.78, 5) is 11.7. The van der Waals surface area contributed by atoms with E-state index in [2.05, 4.69) is 10.6 Å². The van der Waals surface area contributed by atoms with Crippen LogP contribution in [0.3, 0.4) is 0 Å². The van der Waals surface area contributed by atoms with Gasteiger partial charge in [0.2, 0.25) is 5.91 Å². The van der Waals surface area contributed by atoms with Crippen molar-refractivity contribution in [3.05, 3.63) is 18.2 Å². The number of hydrogen-bond donors (Lipinski definition) is 3. The van der Waals surface area contributed by atoms with Gasteiger partial charge in [0, 0.05) is 30.8 Å². The van der Waals surface area contributed by atoms with E-state index in [1.54, 1.807) is 6.07 Å². The largest absolute Gasteiger partial charge is 0.489 e. The van der Waals surface area contributed by atoms with Crippen molar-refractivity contribution in [1.82, 2.24) is 5.32 Å². The molecule has 1 atom stereocenters. The molecule has 1 unspecified atom stereocenters. The van der Waals surface area contributed by atoms with Crippen molar-refractivity contribution < 1.29 is 9.53 Å². The predicted octanol–water partition coefficient (Wildman–Crippen LogP) is 2.77. The van der Waals surface area contributed by atoms with Crippen molar-refractivity contribution in [2.75, 3.05) is 17.6 Å². The molecule has 0 aliphatic carbocycles. The molecular weight excluding hydrogens is 266 g/mol. The summed E-state index contributed by atoms with van der Waals surface area (Å²) >= 11 is 0. The normalized spacial score (nSPS) is 12.0. The second-order valence-corrected chi connectivity index (χ2v) is 5.47. The lowest BCUT2D eigenvalue weighted by molar-refractivity contribution is -0.121. The summed E-state index contributed by atoms with van der Waals surface area (Å²) in [5.74, 6) is 0.727. The van der Waals surface area contributed by atoms with Crippen molar-refractivity contribution in [2.45, 2.75) is 52.7 Å². The van der Waals surface area contributed by atoms with E-state index in [0.717, 1.165) is 12.1 Å². The fourth-order valence-electron chi connectivity index (χ4n) is 1.77. The molecule has 5 nitrogen and oxygen atoms in total. The van der Waals surface area contributed by atoms with E-state index in [4.69, 9.17) is 10.5 Å². The van der Waals surface area contributed by atoms with Crippen LogP contribution in [0.25, 0.3) is 0 Å². The number of nitrogen functional groups attached to an aromatic ring is 1.